The number of aliphatic carboxylic acids is 1. The quantitative estimate of drug-likeness (QED) is 0.554. The molecule has 0 radical (unpaired) electrons. The summed E-state index contributed by atoms with van der Waals surface area (Å²) in [6.07, 6.45) is 0.660. The third-order valence-corrected chi connectivity index (χ3v) is 0.476. The monoisotopic (exact) mass is 148 g/mol. The molecule has 0 atom stereocenters. The van der Waals surface area contributed by atoms with E-state index in [9.17, 15) is 9.59 Å². The number of rotatable bonds is 3. The third kappa shape index (κ3) is 27.5. The predicted molar refractivity (Wildman–Crippen MR) is 35.7 cm³/mol. The van der Waals surface area contributed by atoms with Gasteiger partial charge >= 0.3 is 5.97 Å². The van der Waals surface area contributed by atoms with E-state index in [1.165, 1.54) is 0 Å². The molecule has 60 valence electrons. The van der Waals surface area contributed by atoms with Crippen LogP contribution in [0.25, 0.3) is 0 Å². The Balaban J connectivity index is 0. The fraction of sp³-hybridized carbons (Fsp3) is 0.667. The Morgan fingerprint density at radius 1 is 1.60 bits per heavy atom. The van der Waals surface area contributed by atoms with Crippen molar-refractivity contribution in [3.8, 4) is 0 Å². The maximum atomic E-state index is 9.60. The van der Waals surface area contributed by atoms with Crippen LogP contribution in [-0.2, 0) is 9.59 Å². The van der Waals surface area contributed by atoms with Crippen molar-refractivity contribution in [3.05, 3.63) is 0 Å². The lowest BCUT2D eigenvalue weighted by atomic mass is 10.3. The number of hydrogen-bond acceptors (Lipinski definition) is 3. The van der Waals surface area contributed by atoms with Gasteiger partial charge in [0.15, 0.2) is 0 Å². The number of carboxylic acids is 1. The van der Waals surface area contributed by atoms with Gasteiger partial charge in [0.2, 0.25) is 0 Å². The Labute approximate surface area is 59.5 Å². The summed E-state index contributed by atoms with van der Waals surface area (Å²) in [4.78, 5) is 19.0. The van der Waals surface area contributed by atoms with E-state index in [4.69, 9.17) is 10.2 Å². The Hall–Kier alpha value is -0.900. The highest BCUT2D eigenvalue weighted by molar-refractivity contribution is 5.70. The zero-order valence-corrected chi connectivity index (χ0v) is 5.91. The minimum absolute atomic E-state index is 0.0521. The molecule has 0 aromatic rings. The van der Waals surface area contributed by atoms with Crippen molar-refractivity contribution < 1.29 is 19.8 Å². The predicted octanol–water partition coefficient (Wildman–Crippen LogP) is 0.0487. The first kappa shape index (κ1) is 11.8. The first-order valence-corrected chi connectivity index (χ1v) is 2.95. The highest BCUT2D eigenvalue weighted by Gasteiger charge is 1.91. The van der Waals surface area contributed by atoms with Gasteiger partial charge in [0.25, 0.3) is 0 Å². The van der Waals surface area contributed by atoms with Gasteiger partial charge in [0, 0.05) is 13.0 Å². The Bertz CT molecular complexity index is 89.7. The summed E-state index contributed by atoms with van der Waals surface area (Å²) in [5.74, 6) is -0.924. The van der Waals surface area contributed by atoms with Gasteiger partial charge in [-0.3, -0.25) is 4.79 Å². The van der Waals surface area contributed by atoms with Gasteiger partial charge in [-0.2, -0.15) is 0 Å². The zero-order valence-electron chi connectivity index (χ0n) is 5.91. The van der Waals surface area contributed by atoms with Crippen LogP contribution in [-0.4, -0.2) is 29.1 Å². The number of carbonyl (C=O) groups excluding carboxylic acids is 1. The van der Waals surface area contributed by atoms with E-state index >= 15 is 0 Å². The van der Waals surface area contributed by atoms with Gasteiger partial charge in [-0.05, 0) is 6.92 Å². The van der Waals surface area contributed by atoms with Crippen molar-refractivity contribution in [2.24, 2.45) is 0 Å². The van der Waals surface area contributed by atoms with Crippen LogP contribution in [0, 0.1) is 0 Å². The van der Waals surface area contributed by atoms with Crippen LogP contribution < -0.4 is 0 Å². The molecule has 0 aromatic carbocycles. The van der Waals surface area contributed by atoms with E-state index in [1.54, 1.807) is 6.92 Å². The summed E-state index contributed by atoms with van der Waals surface area (Å²) in [7, 11) is 0. The molecule has 0 aliphatic heterocycles. The summed E-state index contributed by atoms with van der Waals surface area (Å²) >= 11 is 0. The highest BCUT2D eigenvalue weighted by Crippen LogP contribution is 1.80. The molecule has 0 rings (SSSR count). The number of aldehydes is 1. The van der Waals surface area contributed by atoms with Gasteiger partial charge in [0.1, 0.15) is 6.29 Å². The molecule has 2 N–H and O–H groups in total. The van der Waals surface area contributed by atoms with Gasteiger partial charge < -0.3 is 15.0 Å². The normalized spacial score (nSPS) is 7.40. The molecule has 0 spiro atoms. The van der Waals surface area contributed by atoms with E-state index in [1.807, 2.05) is 0 Å². The Morgan fingerprint density at radius 3 is 2.10 bits per heavy atom. The summed E-state index contributed by atoms with van der Waals surface area (Å²) in [5, 5.41) is 15.5. The maximum absolute atomic E-state index is 9.60. The number of carbonyl (C=O) groups is 2. The molecule has 0 unspecified atom stereocenters. The van der Waals surface area contributed by atoms with Crippen LogP contribution in [0.4, 0.5) is 0 Å². The van der Waals surface area contributed by atoms with Gasteiger partial charge in [0.05, 0.1) is 6.42 Å². The topological polar surface area (TPSA) is 74.6 Å². The smallest absolute Gasteiger partial charge is 0.303 e. The van der Waals surface area contributed by atoms with Crippen LogP contribution in [0.2, 0.25) is 0 Å². The van der Waals surface area contributed by atoms with E-state index in [0.717, 1.165) is 0 Å². The van der Waals surface area contributed by atoms with Crippen LogP contribution in [0.5, 0.6) is 0 Å². The molecule has 0 amide bonds. The third-order valence-electron chi connectivity index (χ3n) is 0.476. The van der Waals surface area contributed by atoms with Crippen LogP contribution in [0.1, 0.15) is 19.8 Å². The van der Waals surface area contributed by atoms with Crippen molar-refractivity contribution in [1.82, 2.24) is 0 Å². The Kier molecular flexibility index (Phi) is 13.0. The van der Waals surface area contributed by atoms with Crippen molar-refractivity contribution in [2.45, 2.75) is 19.8 Å². The Morgan fingerprint density at radius 2 is 2.00 bits per heavy atom. The van der Waals surface area contributed by atoms with Crippen LogP contribution in [0.3, 0.4) is 0 Å². The van der Waals surface area contributed by atoms with E-state index in [2.05, 4.69) is 0 Å². The number of aliphatic hydroxyl groups excluding tert-OH is 1. The zero-order chi connectivity index (χ0) is 8.41. The fourth-order valence-electron chi connectivity index (χ4n) is 0.182. The molecule has 0 saturated carbocycles. The molecular weight excluding hydrogens is 136 g/mol. The second-order valence-corrected chi connectivity index (χ2v) is 1.42. The summed E-state index contributed by atoms with van der Waals surface area (Å²) in [5.41, 5.74) is 0. The average Bonchev–Trinajstić information content (AvgIpc) is 1.85. The maximum Gasteiger partial charge on any atom is 0.303 e. The molecule has 4 heteroatoms. The van der Waals surface area contributed by atoms with E-state index in [0.29, 0.717) is 6.29 Å². The van der Waals surface area contributed by atoms with Crippen molar-refractivity contribution >= 4 is 12.3 Å². The summed E-state index contributed by atoms with van der Waals surface area (Å²) in [6.45, 7) is 1.93. The SMILES string of the molecule is CCO.O=CCCC(=O)O. The van der Waals surface area contributed by atoms with Gasteiger partial charge in [-0.25, -0.2) is 0 Å². The number of carboxylic acid groups (broad SMARTS) is 1. The van der Waals surface area contributed by atoms with Crippen molar-refractivity contribution in [2.75, 3.05) is 6.61 Å². The average molecular weight is 148 g/mol. The minimum Gasteiger partial charge on any atom is -0.481 e. The first-order valence-electron chi connectivity index (χ1n) is 2.95. The molecule has 0 aromatic heterocycles. The minimum atomic E-state index is -0.924. The van der Waals surface area contributed by atoms with Crippen molar-refractivity contribution in [3.63, 3.8) is 0 Å². The van der Waals surface area contributed by atoms with E-state index in [-0.39, 0.29) is 19.4 Å². The second-order valence-electron chi connectivity index (χ2n) is 1.42. The van der Waals surface area contributed by atoms with E-state index < -0.39 is 5.97 Å². The lowest BCUT2D eigenvalue weighted by Crippen LogP contribution is -1.93. The highest BCUT2D eigenvalue weighted by atomic mass is 16.4. The summed E-state index contributed by atoms with van der Waals surface area (Å²) < 4.78 is 0. The van der Waals surface area contributed by atoms with Crippen molar-refractivity contribution in [1.29, 1.82) is 0 Å². The largest absolute Gasteiger partial charge is 0.481 e. The first-order chi connectivity index (χ1) is 4.68. The molecule has 0 saturated heterocycles. The summed E-state index contributed by atoms with van der Waals surface area (Å²) in [6, 6.07) is 0. The molecule has 10 heavy (non-hydrogen) atoms. The van der Waals surface area contributed by atoms with Crippen LogP contribution >= 0.6 is 0 Å². The molecular formula is C6H12O4. The van der Waals surface area contributed by atoms with Gasteiger partial charge in [-0.1, -0.05) is 0 Å². The number of hydrogen-bond donors (Lipinski definition) is 2. The number of aliphatic hydroxyl groups is 1. The molecule has 4 nitrogen and oxygen atoms in total. The second kappa shape index (κ2) is 11.0. The molecule has 0 fully saturated rings. The molecule has 0 aliphatic carbocycles. The van der Waals surface area contributed by atoms with Crippen LogP contribution in [0.15, 0.2) is 0 Å². The lowest BCUT2D eigenvalue weighted by Gasteiger charge is -1.79. The lowest BCUT2D eigenvalue weighted by molar-refractivity contribution is -0.137. The molecule has 0 heterocycles. The van der Waals surface area contributed by atoms with Gasteiger partial charge in [-0.15, -0.1) is 0 Å². The molecule has 0 bridgehead atoms. The molecule has 0 aliphatic rings. The standard InChI is InChI=1S/C4H6O3.C2H6O/c5-3-1-2-4(6)7;1-2-3/h3H,1-2H2,(H,6,7);3H,2H2,1H3. The fourth-order valence-corrected chi connectivity index (χ4v) is 0.182.